The SMILES string of the molecule is N#C/C=C(\n1c(N)nc2c(ncn2[C@H]2O[C@@H](CO)C3OC(CC#N)(C4(O)CCCC4)OC32)c1=O)C1(O)CCCC1. The first-order chi connectivity index (χ1) is 19.2. The number of aromatic nitrogens is 4. The van der Waals surface area contributed by atoms with Crippen LogP contribution in [-0.2, 0) is 14.2 Å². The van der Waals surface area contributed by atoms with Crippen LogP contribution in [0, 0.1) is 22.7 Å². The largest absolute Gasteiger partial charge is 0.394 e. The first kappa shape index (κ1) is 26.8. The molecule has 2 aromatic heterocycles. The van der Waals surface area contributed by atoms with E-state index in [0.29, 0.717) is 25.7 Å². The van der Waals surface area contributed by atoms with Crippen LogP contribution in [0.2, 0.25) is 0 Å². The lowest BCUT2D eigenvalue weighted by atomic mass is 9.88. The van der Waals surface area contributed by atoms with E-state index in [1.54, 1.807) is 0 Å². The highest BCUT2D eigenvalue weighted by Crippen LogP contribution is 2.53. The number of nitrogens with two attached hydrogens (primary N) is 1. The van der Waals surface area contributed by atoms with Gasteiger partial charge in [-0.15, -0.1) is 0 Å². The summed E-state index contributed by atoms with van der Waals surface area (Å²) in [4.78, 5) is 22.3. The Balaban J connectivity index is 1.42. The van der Waals surface area contributed by atoms with Gasteiger partial charge in [-0.2, -0.15) is 15.5 Å². The van der Waals surface area contributed by atoms with E-state index in [4.69, 9.17) is 19.9 Å². The Kier molecular flexibility index (Phi) is 6.46. The molecule has 0 radical (unpaired) electrons. The Morgan fingerprint density at radius 1 is 1.15 bits per heavy atom. The molecule has 2 saturated heterocycles. The van der Waals surface area contributed by atoms with Gasteiger partial charge in [-0.3, -0.25) is 9.36 Å². The van der Waals surface area contributed by atoms with Crippen molar-refractivity contribution in [3.05, 3.63) is 22.8 Å². The van der Waals surface area contributed by atoms with Crippen molar-refractivity contribution in [2.24, 2.45) is 0 Å². The van der Waals surface area contributed by atoms with Crippen molar-refractivity contribution in [3.63, 3.8) is 0 Å². The number of fused-ring (bicyclic) bond motifs is 2. The maximum absolute atomic E-state index is 13.6. The molecule has 0 amide bonds. The van der Waals surface area contributed by atoms with Crippen LogP contribution in [0.25, 0.3) is 16.9 Å². The molecule has 2 aliphatic carbocycles. The van der Waals surface area contributed by atoms with Crippen molar-refractivity contribution in [1.29, 1.82) is 10.5 Å². The maximum Gasteiger partial charge on any atom is 0.287 e. The fourth-order valence-electron chi connectivity index (χ4n) is 6.81. The molecule has 5 N–H and O–H groups in total. The van der Waals surface area contributed by atoms with Crippen LogP contribution < -0.4 is 11.3 Å². The lowest BCUT2D eigenvalue weighted by Gasteiger charge is -2.40. The Hall–Kier alpha value is -3.37. The zero-order valence-corrected chi connectivity index (χ0v) is 21.8. The number of ether oxygens (including phenoxy) is 3. The van der Waals surface area contributed by atoms with Gasteiger partial charge in [0.15, 0.2) is 17.4 Å². The van der Waals surface area contributed by atoms with E-state index in [2.05, 4.69) is 16.0 Å². The van der Waals surface area contributed by atoms with Crippen molar-refractivity contribution in [2.45, 2.75) is 99.3 Å². The lowest BCUT2D eigenvalue weighted by Crippen LogP contribution is -2.54. The third kappa shape index (κ3) is 3.79. The van der Waals surface area contributed by atoms with E-state index >= 15 is 0 Å². The number of aliphatic hydroxyl groups is 3. The number of aliphatic hydroxyl groups excluding tert-OH is 1. The molecule has 2 aromatic rings. The van der Waals surface area contributed by atoms with Gasteiger partial charge in [-0.25, -0.2) is 9.55 Å². The summed E-state index contributed by atoms with van der Waals surface area (Å²) in [5.74, 6) is -1.86. The molecule has 212 valence electrons. The molecule has 3 unspecified atom stereocenters. The number of allylic oxidation sites excluding steroid dienone is 1. The van der Waals surface area contributed by atoms with E-state index in [0.717, 1.165) is 36.3 Å². The maximum atomic E-state index is 13.6. The molecule has 14 nitrogen and oxygen atoms in total. The second kappa shape index (κ2) is 9.62. The predicted molar refractivity (Wildman–Crippen MR) is 137 cm³/mol. The van der Waals surface area contributed by atoms with Crippen LogP contribution in [0.4, 0.5) is 5.95 Å². The molecule has 14 heteroatoms. The van der Waals surface area contributed by atoms with Gasteiger partial charge in [0.1, 0.15) is 29.5 Å². The highest BCUT2D eigenvalue weighted by atomic mass is 16.8. The summed E-state index contributed by atoms with van der Waals surface area (Å²) >= 11 is 0. The number of rotatable bonds is 6. The Morgan fingerprint density at radius 3 is 2.48 bits per heavy atom. The quantitative estimate of drug-likeness (QED) is 0.358. The van der Waals surface area contributed by atoms with E-state index < -0.39 is 53.7 Å². The normalized spacial score (nSPS) is 32.8. The smallest absolute Gasteiger partial charge is 0.287 e. The number of hydrogen-bond donors (Lipinski definition) is 4. The van der Waals surface area contributed by atoms with E-state index in [1.165, 1.54) is 10.9 Å². The van der Waals surface area contributed by atoms with Gasteiger partial charge in [-0.05, 0) is 25.7 Å². The fraction of sp³-hybridized carbons (Fsp3) is 0.654. The van der Waals surface area contributed by atoms with Crippen molar-refractivity contribution in [2.75, 3.05) is 12.3 Å². The summed E-state index contributed by atoms with van der Waals surface area (Å²) < 4.78 is 21.1. The molecule has 2 saturated carbocycles. The molecule has 4 heterocycles. The zero-order valence-electron chi connectivity index (χ0n) is 21.8. The van der Waals surface area contributed by atoms with Crippen LogP contribution in [0.3, 0.4) is 0 Å². The molecule has 6 rings (SSSR count). The zero-order chi connectivity index (χ0) is 28.3. The van der Waals surface area contributed by atoms with Gasteiger partial charge in [0.2, 0.25) is 11.7 Å². The first-order valence-corrected chi connectivity index (χ1v) is 13.5. The minimum atomic E-state index is -1.60. The monoisotopic (exact) mass is 553 g/mol. The standard InChI is InChI=1S/C26H31N7O7/c27-11-5-16(24(36)6-1-2-7-24)33-21(35)17-20(31-23(33)29)32(14-30-17)22-19-18(15(13-34)38-22)39-26(40-19,10-12-28)25(37)8-3-4-9-25/h5,14-15,18-19,22,34,36-37H,1-4,6-10,13H2,(H2,29,31)/b16-5-/t15-,18?,19?,22-,26?/m0/s1. The summed E-state index contributed by atoms with van der Waals surface area (Å²) in [6, 6.07) is 3.96. The molecule has 0 bridgehead atoms. The molecule has 0 aromatic carbocycles. The van der Waals surface area contributed by atoms with E-state index in [-0.39, 0.29) is 29.2 Å². The topological polar surface area (TPSA) is 215 Å². The van der Waals surface area contributed by atoms with E-state index in [1.807, 2.05) is 6.07 Å². The molecular weight excluding hydrogens is 522 g/mol. The van der Waals surface area contributed by atoms with Crippen LogP contribution in [0.15, 0.2) is 17.2 Å². The number of nitriles is 2. The van der Waals surface area contributed by atoms with Crippen molar-refractivity contribution >= 4 is 22.8 Å². The summed E-state index contributed by atoms with van der Waals surface area (Å²) in [6.07, 6.45) is 3.23. The summed E-state index contributed by atoms with van der Waals surface area (Å²) in [5.41, 5.74) is 2.85. The lowest BCUT2D eigenvalue weighted by molar-refractivity contribution is -0.296. The molecule has 40 heavy (non-hydrogen) atoms. The van der Waals surface area contributed by atoms with E-state index in [9.17, 15) is 30.6 Å². The van der Waals surface area contributed by atoms with Gasteiger partial charge in [0.05, 0.1) is 37.2 Å². The van der Waals surface area contributed by atoms with Gasteiger partial charge >= 0.3 is 0 Å². The molecule has 2 aliphatic heterocycles. The minimum absolute atomic E-state index is 0.0510. The highest BCUT2D eigenvalue weighted by molar-refractivity contribution is 5.74. The molecule has 4 fully saturated rings. The number of imidazole rings is 1. The third-order valence-electron chi connectivity index (χ3n) is 8.82. The number of nitrogen functional groups attached to an aromatic ring is 1. The second-order valence-corrected chi connectivity index (χ2v) is 11.1. The Morgan fingerprint density at radius 2 is 1.82 bits per heavy atom. The van der Waals surface area contributed by atoms with Crippen LogP contribution in [-0.4, -0.2) is 76.3 Å². The highest BCUT2D eigenvalue weighted by Gasteiger charge is 2.66. The third-order valence-corrected chi connectivity index (χ3v) is 8.82. The number of nitrogens with zero attached hydrogens (tertiary/aromatic N) is 6. The molecule has 4 aliphatic rings. The van der Waals surface area contributed by atoms with Crippen molar-refractivity contribution in [1.82, 2.24) is 19.1 Å². The van der Waals surface area contributed by atoms with Crippen LogP contribution in [0.5, 0.6) is 0 Å². The average Bonchev–Trinajstić information content (AvgIpc) is 3.74. The van der Waals surface area contributed by atoms with Gasteiger partial charge in [0, 0.05) is 6.08 Å². The molecular formula is C26H31N7O7. The fourth-order valence-corrected chi connectivity index (χ4v) is 6.81. The summed E-state index contributed by atoms with van der Waals surface area (Å²) in [7, 11) is 0. The summed E-state index contributed by atoms with van der Waals surface area (Å²) in [5, 5.41) is 51.7. The van der Waals surface area contributed by atoms with Crippen molar-refractivity contribution < 1.29 is 29.5 Å². The number of anilines is 1. The van der Waals surface area contributed by atoms with Crippen molar-refractivity contribution in [3.8, 4) is 12.1 Å². The Bertz CT molecular complexity index is 1490. The van der Waals surface area contributed by atoms with Gasteiger partial charge in [0.25, 0.3) is 5.56 Å². The van der Waals surface area contributed by atoms with Crippen LogP contribution >= 0.6 is 0 Å². The molecule has 5 atom stereocenters. The average molecular weight is 554 g/mol. The minimum Gasteiger partial charge on any atom is -0.394 e. The Labute approximate surface area is 228 Å². The molecule has 0 spiro atoms. The number of hydrogen-bond acceptors (Lipinski definition) is 12. The summed E-state index contributed by atoms with van der Waals surface area (Å²) in [6.45, 7) is -0.419. The van der Waals surface area contributed by atoms with Crippen LogP contribution in [0.1, 0.15) is 64.0 Å². The first-order valence-electron chi connectivity index (χ1n) is 13.5. The predicted octanol–water partition coefficient (Wildman–Crippen LogP) is 0.434. The van der Waals surface area contributed by atoms with Gasteiger partial charge < -0.3 is 35.3 Å². The second-order valence-electron chi connectivity index (χ2n) is 11.1. The van der Waals surface area contributed by atoms with Gasteiger partial charge in [-0.1, -0.05) is 25.7 Å².